The Bertz CT molecular complexity index is 192. The normalized spacial score (nSPS) is 56.0. The average molecular weight is 134 g/mol. The second kappa shape index (κ2) is 1.49. The van der Waals surface area contributed by atoms with Crippen LogP contribution in [-0.4, -0.2) is 0 Å². The average Bonchev–Trinajstić information content (AvgIpc) is 2.44. The molecule has 0 aromatic carbocycles. The summed E-state index contributed by atoms with van der Waals surface area (Å²) in [4.78, 5) is 0. The van der Waals surface area contributed by atoms with Gasteiger partial charge >= 0.3 is 0 Å². The fraction of sp³-hybridized carbons (Fsp3) is 0.800. The fourth-order valence-corrected chi connectivity index (χ4v) is 3.40. The van der Waals surface area contributed by atoms with Crippen LogP contribution in [0.3, 0.4) is 0 Å². The van der Waals surface area contributed by atoms with Crippen LogP contribution < -0.4 is 0 Å². The molecule has 1 spiro atoms. The molecule has 2 bridgehead atoms. The minimum Gasteiger partial charge on any atom is -0.0845 e. The SMILES string of the molecule is C1=CC23CCCCC2C1C3. The fourth-order valence-electron chi connectivity index (χ4n) is 3.40. The topological polar surface area (TPSA) is 0 Å². The summed E-state index contributed by atoms with van der Waals surface area (Å²) in [6.45, 7) is 0. The minimum atomic E-state index is 0.753. The van der Waals surface area contributed by atoms with Crippen molar-refractivity contribution in [1.29, 1.82) is 0 Å². The third-order valence-corrected chi connectivity index (χ3v) is 3.95. The van der Waals surface area contributed by atoms with Gasteiger partial charge in [0.25, 0.3) is 0 Å². The van der Waals surface area contributed by atoms with Crippen LogP contribution in [0.4, 0.5) is 0 Å². The zero-order chi connectivity index (χ0) is 6.60. The maximum absolute atomic E-state index is 2.53. The third kappa shape index (κ3) is 0.426. The van der Waals surface area contributed by atoms with Crippen molar-refractivity contribution < 1.29 is 0 Å². The van der Waals surface area contributed by atoms with E-state index in [9.17, 15) is 0 Å². The van der Waals surface area contributed by atoms with Gasteiger partial charge < -0.3 is 0 Å². The lowest BCUT2D eigenvalue weighted by Crippen LogP contribution is -2.43. The molecule has 0 aromatic rings. The molecule has 2 fully saturated rings. The first-order valence-electron chi connectivity index (χ1n) is 4.60. The van der Waals surface area contributed by atoms with E-state index in [1.165, 1.54) is 32.1 Å². The predicted molar refractivity (Wildman–Crippen MR) is 41.6 cm³/mol. The van der Waals surface area contributed by atoms with Gasteiger partial charge in [-0.1, -0.05) is 25.0 Å². The number of rotatable bonds is 0. The van der Waals surface area contributed by atoms with Crippen LogP contribution in [0.2, 0.25) is 0 Å². The summed E-state index contributed by atoms with van der Waals surface area (Å²) in [5.41, 5.74) is 0.753. The van der Waals surface area contributed by atoms with Gasteiger partial charge in [-0.2, -0.15) is 0 Å². The molecule has 0 saturated heterocycles. The quantitative estimate of drug-likeness (QED) is 0.447. The summed E-state index contributed by atoms with van der Waals surface area (Å²) < 4.78 is 0. The molecular formula is C10H14. The van der Waals surface area contributed by atoms with Crippen LogP contribution >= 0.6 is 0 Å². The zero-order valence-electron chi connectivity index (χ0n) is 6.34. The standard InChI is InChI=1S/C10H14/c1-2-5-10-6-4-8(7-10)9(10)3-1/h4,6,8-9H,1-3,5,7H2. The zero-order valence-corrected chi connectivity index (χ0v) is 6.34. The maximum atomic E-state index is 2.53. The van der Waals surface area contributed by atoms with Crippen molar-refractivity contribution in [2.45, 2.75) is 32.1 Å². The van der Waals surface area contributed by atoms with E-state index in [0.29, 0.717) is 0 Å². The molecule has 0 radical (unpaired) electrons. The van der Waals surface area contributed by atoms with E-state index in [0.717, 1.165) is 17.3 Å². The first-order chi connectivity index (χ1) is 4.91. The second-order valence-corrected chi connectivity index (χ2v) is 4.31. The largest absolute Gasteiger partial charge is 0.0845 e. The smallest absolute Gasteiger partial charge is 0.00786 e. The van der Waals surface area contributed by atoms with Gasteiger partial charge in [-0.3, -0.25) is 0 Å². The molecule has 4 aliphatic carbocycles. The Balaban J connectivity index is 1.96. The Morgan fingerprint density at radius 2 is 2.30 bits per heavy atom. The summed E-state index contributed by atoms with van der Waals surface area (Å²) in [6, 6.07) is 0. The molecule has 0 heteroatoms. The highest BCUT2D eigenvalue weighted by molar-refractivity contribution is 5.25. The van der Waals surface area contributed by atoms with Gasteiger partial charge in [0.2, 0.25) is 0 Å². The van der Waals surface area contributed by atoms with E-state index in [-0.39, 0.29) is 0 Å². The van der Waals surface area contributed by atoms with E-state index < -0.39 is 0 Å². The molecule has 4 aliphatic rings. The Hall–Kier alpha value is -0.260. The molecule has 0 amide bonds. The predicted octanol–water partition coefficient (Wildman–Crippen LogP) is 2.75. The Morgan fingerprint density at radius 3 is 3.10 bits per heavy atom. The van der Waals surface area contributed by atoms with Crippen LogP contribution in [0.1, 0.15) is 32.1 Å². The molecule has 3 unspecified atom stereocenters. The van der Waals surface area contributed by atoms with Crippen molar-refractivity contribution >= 4 is 0 Å². The number of hydrogen-bond acceptors (Lipinski definition) is 0. The van der Waals surface area contributed by atoms with Crippen LogP contribution in [0.15, 0.2) is 12.2 Å². The molecule has 0 aliphatic heterocycles. The molecule has 0 heterocycles. The lowest BCUT2D eigenvalue weighted by atomic mass is 9.53. The van der Waals surface area contributed by atoms with Gasteiger partial charge in [0.05, 0.1) is 0 Å². The Kier molecular flexibility index (Phi) is 0.805. The van der Waals surface area contributed by atoms with Gasteiger partial charge in [-0.15, -0.1) is 0 Å². The second-order valence-electron chi connectivity index (χ2n) is 4.31. The molecule has 2 saturated carbocycles. The number of hydrogen-bond donors (Lipinski definition) is 0. The van der Waals surface area contributed by atoms with Crippen molar-refractivity contribution in [2.24, 2.45) is 17.3 Å². The Labute approximate surface area is 62.3 Å². The summed E-state index contributed by atoms with van der Waals surface area (Å²) in [6.07, 6.45) is 12.6. The lowest BCUT2D eigenvalue weighted by Gasteiger charge is -2.51. The van der Waals surface area contributed by atoms with E-state index in [4.69, 9.17) is 0 Å². The van der Waals surface area contributed by atoms with Crippen molar-refractivity contribution in [1.82, 2.24) is 0 Å². The molecule has 10 heavy (non-hydrogen) atoms. The van der Waals surface area contributed by atoms with E-state index >= 15 is 0 Å². The highest BCUT2D eigenvalue weighted by atomic mass is 14.6. The maximum Gasteiger partial charge on any atom is -0.00786 e. The monoisotopic (exact) mass is 134 g/mol. The summed E-state index contributed by atoms with van der Waals surface area (Å²) in [7, 11) is 0. The molecule has 3 atom stereocenters. The van der Waals surface area contributed by atoms with Gasteiger partial charge in [0, 0.05) is 0 Å². The van der Waals surface area contributed by atoms with Crippen molar-refractivity contribution in [3.63, 3.8) is 0 Å². The molecule has 0 nitrogen and oxygen atoms in total. The van der Waals surface area contributed by atoms with E-state index in [2.05, 4.69) is 12.2 Å². The van der Waals surface area contributed by atoms with Crippen LogP contribution in [0, 0.1) is 17.3 Å². The van der Waals surface area contributed by atoms with E-state index in [1.807, 2.05) is 0 Å². The minimum absolute atomic E-state index is 0.753. The highest BCUT2D eigenvalue weighted by Crippen LogP contribution is 2.64. The van der Waals surface area contributed by atoms with Crippen LogP contribution in [0.25, 0.3) is 0 Å². The van der Waals surface area contributed by atoms with Crippen molar-refractivity contribution in [2.75, 3.05) is 0 Å². The third-order valence-electron chi connectivity index (χ3n) is 3.95. The van der Waals surface area contributed by atoms with Gasteiger partial charge in [-0.05, 0) is 36.5 Å². The Morgan fingerprint density at radius 1 is 1.30 bits per heavy atom. The summed E-state index contributed by atoms with van der Waals surface area (Å²) in [5, 5.41) is 0. The van der Waals surface area contributed by atoms with E-state index in [1.54, 1.807) is 0 Å². The lowest BCUT2D eigenvalue weighted by molar-refractivity contribution is 0.0116. The van der Waals surface area contributed by atoms with Gasteiger partial charge in [-0.25, -0.2) is 0 Å². The molecule has 0 aromatic heterocycles. The van der Waals surface area contributed by atoms with Crippen LogP contribution in [-0.2, 0) is 0 Å². The van der Waals surface area contributed by atoms with Crippen LogP contribution in [0.5, 0.6) is 0 Å². The van der Waals surface area contributed by atoms with Crippen molar-refractivity contribution in [3.05, 3.63) is 12.2 Å². The molecular weight excluding hydrogens is 120 g/mol. The first-order valence-corrected chi connectivity index (χ1v) is 4.60. The molecule has 0 N–H and O–H groups in total. The molecule has 54 valence electrons. The van der Waals surface area contributed by atoms with Gasteiger partial charge in [0.1, 0.15) is 0 Å². The summed E-state index contributed by atoms with van der Waals surface area (Å²) in [5.74, 6) is 2.11. The number of allylic oxidation sites excluding steroid dienone is 2. The van der Waals surface area contributed by atoms with Crippen molar-refractivity contribution in [3.8, 4) is 0 Å². The first kappa shape index (κ1) is 5.40. The molecule has 4 rings (SSSR count). The highest BCUT2D eigenvalue weighted by Gasteiger charge is 2.55. The summed E-state index contributed by atoms with van der Waals surface area (Å²) >= 11 is 0. The van der Waals surface area contributed by atoms with Gasteiger partial charge in [0.15, 0.2) is 0 Å².